The quantitative estimate of drug-likeness (QED) is 0.742. The minimum absolute atomic E-state index is 0.0693. The van der Waals surface area contributed by atoms with Gasteiger partial charge in [0.05, 0.1) is 11.1 Å². The second kappa shape index (κ2) is 6.15. The number of benzene rings is 1. The Morgan fingerprint density at radius 1 is 0.957 bits per heavy atom. The second-order valence-corrected chi connectivity index (χ2v) is 4.77. The molecule has 0 unspecified atom stereocenters. The number of hydrogen-bond donors (Lipinski definition) is 1. The van der Waals surface area contributed by atoms with Gasteiger partial charge < -0.3 is 5.73 Å². The van der Waals surface area contributed by atoms with Gasteiger partial charge >= 0.3 is 0 Å². The first-order chi connectivity index (χ1) is 11.2. The maximum Gasteiger partial charge on any atom is 0.268 e. The zero-order valence-electron chi connectivity index (χ0n) is 12.0. The minimum atomic E-state index is -0.761. The molecule has 0 bridgehead atoms. The number of aromatic nitrogens is 3. The van der Waals surface area contributed by atoms with E-state index in [0.717, 1.165) is 5.56 Å². The summed E-state index contributed by atoms with van der Waals surface area (Å²) in [5.41, 5.74) is 7.12. The number of ketones is 1. The van der Waals surface area contributed by atoms with E-state index in [2.05, 4.69) is 15.0 Å². The lowest BCUT2D eigenvalue weighted by Crippen LogP contribution is -2.20. The van der Waals surface area contributed by atoms with Crippen LogP contribution in [0.1, 0.15) is 26.4 Å². The van der Waals surface area contributed by atoms with Crippen molar-refractivity contribution in [3.05, 3.63) is 78.1 Å². The maximum absolute atomic E-state index is 12.8. The highest BCUT2D eigenvalue weighted by atomic mass is 16.1. The number of pyridine rings is 1. The van der Waals surface area contributed by atoms with E-state index in [0.29, 0.717) is 5.56 Å². The lowest BCUT2D eigenvalue weighted by Gasteiger charge is -2.11. The first-order valence-electron chi connectivity index (χ1n) is 6.82. The van der Waals surface area contributed by atoms with Crippen molar-refractivity contribution in [2.24, 2.45) is 5.73 Å². The summed E-state index contributed by atoms with van der Waals surface area (Å²) in [5, 5.41) is 0. The fourth-order valence-electron chi connectivity index (χ4n) is 2.30. The molecule has 0 aliphatic carbocycles. The molecule has 2 heterocycles. The zero-order chi connectivity index (χ0) is 16.2. The summed E-state index contributed by atoms with van der Waals surface area (Å²) in [5.74, 6) is -1.16. The molecule has 3 rings (SSSR count). The van der Waals surface area contributed by atoms with Gasteiger partial charge in [0.15, 0.2) is 5.78 Å². The van der Waals surface area contributed by atoms with E-state index in [1.165, 1.54) is 24.9 Å². The first kappa shape index (κ1) is 14.5. The SMILES string of the molecule is NC(=O)c1nccc(-c2ccccc2)c1C(=O)c1cncnc1. The highest BCUT2D eigenvalue weighted by Crippen LogP contribution is 2.27. The van der Waals surface area contributed by atoms with Crippen molar-refractivity contribution in [3.8, 4) is 11.1 Å². The van der Waals surface area contributed by atoms with Gasteiger partial charge in [-0.15, -0.1) is 0 Å². The number of nitrogens with two attached hydrogens (primary N) is 1. The molecule has 3 aromatic rings. The largest absolute Gasteiger partial charge is 0.364 e. The van der Waals surface area contributed by atoms with Crippen LogP contribution in [0.15, 0.2) is 61.3 Å². The highest BCUT2D eigenvalue weighted by molar-refractivity contribution is 6.17. The van der Waals surface area contributed by atoms with Gasteiger partial charge in [0.1, 0.15) is 12.0 Å². The molecule has 0 aliphatic rings. The molecule has 1 amide bonds. The topological polar surface area (TPSA) is 98.8 Å². The van der Waals surface area contributed by atoms with Crippen molar-refractivity contribution in [1.82, 2.24) is 15.0 Å². The highest BCUT2D eigenvalue weighted by Gasteiger charge is 2.23. The molecular weight excluding hydrogens is 292 g/mol. The number of nitrogens with zero attached hydrogens (tertiary/aromatic N) is 3. The number of amides is 1. The lowest BCUT2D eigenvalue weighted by molar-refractivity contribution is 0.0976. The monoisotopic (exact) mass is 304 g/mol. The second-order valence-electron chi connectivity index (χ2n) is 4.77. The van der Waals surface area contributed by atoms with E-state index < -0.39 is 11.7 Å². The van der Waals surface area contributed by atoms with E-state index in [-0.39, 0.29) is 16.8 Å². The number of primary amides is 1. The Labute approximate surface area is 132 Å². The van der Waals surface area contributed by atoms with E-state index in [9.17, 15) is 9.59 Å². The molecule has 0 fully saturated rings. The van der Waals surface area contributed by atoms with Gasteiger partial charge in [-0.25, -0.2) is 9.97 Å². The fraction of sp³-hybridized carbons (Fsp3) is 0. The Kier molecular flexibility index (Phi) is 3.88. The Bertz CT molecular complexity index is 864. The van der Waals surface area contributed by atoms with Crippen LogP contribution in [0, 0.1) is 0 Å². The molecule has 0 aliphatic heterocycles. The number of rotatable bonds is 4. The van der Waals surface area contributed by atoms with Gasteiger partial charge in [-0.1, -0.05) is 30.3 Å². The van der Waals surface area contributed by atoms with Gasteiger partial charge in [-0.2, -0.15) is 0 Å². The molecular formula is C17H12N4O2. The normalized spacial score (nSPS) is 10.3. The molecule has 2 aromatic heterocycles. The maximum atomic E-state index is 12.8. The van der Waals surface area contributed by atoms with Crippen LogP contribution < -0.4 is 5.73 Å². The van der Waals surface area contributed by atoms with E-state index in [1.807, 2.05) is 30.3 Å². The molecule has 23 heavy (non-hydrogen) atoms. The summed E-state index contributed by atoms with van der Waals surface area (Å²) >= 11 is 0. The molecule has 112 valence electrons. The average Bonchev–Trinajstić information content (AvgIpc) is 2.62. The van der Waals surface area contributed by atoms with Crippen LogP contribution in [-0.2, 0) is 0 Å². The molecule has 0 atom stereocenters. The van der Waals surface area contributed by atoms with Crippen molar-refractivity contribution >= 4 is 11.7 Å². The summed E-state index contributed by atoms with van der Waals surface area (Å²) in [7, 11) is 0. The third-order valence-corrected chi connectivity index (χ3v) is 3.32. The van der Waals surface area contributed by atoms with Crippen LogP contribution in [0.4, 0.5) is 0 Å². The van der Waals surface area contributed by atoms with Crippen molar-refractivity contribution in [2.75, 3.05) is 0 Å². The van der Waals surface area contributed by atoms with Crippen molar-refractivity contribution in [1.29, 1.82) is 0 Å². The Hall–Kier alpha value is -3.41. The Morgan fingerprint density at radius 2 is 1.65 bits per heavy atom. The molecule has 0 spiro atoms. The van der Waals surface area contributed by atoms with E-state index in [1.54, 1.807) is 6.07 Å². The predicted octanol–water partition coefficient (Wildman–Crippen LogP) is 1.87. The molecule has 1 aromatic carbocycles. The van der Waals surface area contributed by atoms with Gasteiger partial charge in [0.25, 0.3) is 5.91 Å². The number of hydrogen-bond acceptors (Lipinski definition) is 5. The van der Waals surface area contributed by atoms with Gasteiger partial charge in [-0.3, -0.25) is 14.6 Å². The third-order valence-electron chi connectivity index (χ3n) is 3.32. The predicted molar refractivity (Wildman–Crippen MR) is 83.7 cm³/mol. The van der Waals surface area contributed by atoms with Crippen LogP contribution in [-0.4, -0.2) is 26.6 Å². The van der Waals surface area contributed by atoms with Crippen LogP contribution in [0.2, 0.25) is 0 Å². The molecule has 0 saturated heterocycles. The number of carbonyl (C=O) groups excluding carboxylic acids is 2. The summed E-state index contributed by atoms with van der Waals surface area (Å²) < 4.78 is 0. The molecule has 6 heteroatoms. The van der Waals surface area contributed by atoms with Crippen molar-refractivity contribution in [3.63, 3.8) is 0 Å². The van der Waals surface area contributed by atoms with Gasteiger partial charge in [-0.05, 0) is 17.2 Å². The number of carbonyl (C=O) groups is 2. The molecule has 0 saturated carbocycles. The summed E-state index contributed by atoms with van der Waals surface area (Å²) in [6.07, 6.45) is 5.57. The lowest BCUT2D eigenvalue weighted by atomic mass is 9.93. The van der Waals surface area contributed by atoms with Crippen LogP contribution in [0.3, 0.4) is 0 Å². The van der Waals surface area contributed by atoms with Crippen LogP contribution in [0.5, 0.6) is 0 Å². The summed E-state index contributed by atoms with van der Waals surface area (Å²) in [4.78, 5) is 36.2. The third kappa shape index (κ3) is 2.82. The minimum Gasteiger partial charge on any atom is -0.364 e. The molecule has 6 nitrogen and oxygen atoms in total. The fourth-order valence-corrected chi connectivity index (χ4v) is 2.30. The van der Waals surface area contributed by atoms with E-state index >= 15 is 0 Å². The molecule has 2 N–H and O–H groups in total. The average molecular weight is 304 g/mol. The van der Waals surface area contributed by atoms with Gasteiger partial charge in [0, 0.05) is 18.6 Å². The Morgan fingerprint density at radius 3 is 2.30 bits per heavy atom. The summed E-state index contributed by atoms with van der Waals surface area (Å²) in [6.45, 7) is 0. The summed E-state index contributed by atoms with van der Waals surface area (Å²) in [6, 6.07) is 10.9. The van der Waals surface area contributed by atoms with Crippen LogP contribution in [0.25, 0.3) is 11.1 Å². The van der Waals surface area contributed by atoms with Gasteiger partial charge in [0.2, 0.25) is 0 Å². The van der Waals surface area contributed by atoms with E-state index in [4.69, 9.17) is 5.73 Å². The Balaban J connectivity index is 2.25. The zero-order valence-corrected chi connectivity index (χ0v) is 12.0. The van der Waals surface area contributed by atoms with Crippen molar-refractivity contribution < 1.29 is 9.59 Å². The first-order valence-corrected chi connectivity index (χ1v) is 6.82. The van der Waals surface area contributed by atoms with Crippen LogP contribution >= 0.6 is 0 Å². The standard InChI is InChI=1S/C17H12N4O2/c18-17(23)15-14(16(22)12-8-19-10-20-9-12)13(6-7-21-15)11-4-2-1-3-5-11/h1-10H,(H2,18,23). The smallest absolute Gasteiger partial charge is 0.268 e. The van der Waals surface area contributed by atoms with Crippen molar-refractivity contribution in [2.45, 2.75) is 0 Å². The molecule has 0 radical (unpaired) electrons.